The number of rotatable bonds is 5. The maximum Gasteiger partial charge on any atom is 0.261 e. The molecule has 0 aromatic carbocycles. The van der Waals surface area contributed by atoms with Gasteiger partial charge in [0.05, 0.1) is 16.3 Å². The fourth-order valence-electron chi connectivity index (χ4n) is 1.83. The standard InChI is InChI=1S/C15H22N2OS/c1-4-7-12(5-2)17-15(18)14-10-11(3)13(19-14)8-6-9-16/h10,12H,4-5,7,9,16H2,1-3H3,(H,17,18). The molecule has 1 atom stereocenters. The zero-order valence-corrected chi connectivity index (χ0v) is 12.7. The molecule has 0 bridgehead atoms. The highest BCUT2D eigenvalue weighted by molar-refractivity contribution is 7.14. The van der Waals surface area contributed by atoms with Crippen molar-refractivity contribution in [2.45, 2.75) is 46.1 Å². The highest BCUT2D eigenvalue weighted by Gasteiger charge is 2.14. The van der Waals surface area contributed by atoms with Crippen LogP contribution in [0.1, 0.15) is 53.2 Å². The van der Waals surface area contributed by atoms with Gasteiger partial charge in [0.25, 0.3) is 5.91 Å². The smallest absolute Gasteiger partial charge is 0.261 e. The number of nitrogens with two attached hydrogens (primary N) is 1. The largest absolute Gasteiger partial charge is 0.349 e. The first-order valence-electron chi connectivity index (χ1n) is 6.72. The van der Waals surface area contributed by atoms with Crippen LogP contribution in [-0.2, 0) is 0 Å². The number of carbonyl (C=O) groups excluding carboxylic acids is 1. The second-order valence-electron chi connectivity index (χ2n) is 4.50. The van der Waals surface area contributed by atoms with Gasteiger partial charge in [0.1, 0.15) is 0 Å². The number of nitrogens with one attached hydrogen (secondary N) is 1. The summed E-state index contributed by atoms with van der Waals surface area (Å²) in [5, 5.41) is 3.08. The summed E-state index contributed by atoms with van der Waals surface area (Å²) in [5.41, 5.74) is 6.40. The van der Waals surface area contributed by atoms with E-state index in [4.69, 9.17) is 5.73 Å². The van der Waals surface area contributed by atoms with Crippen molar-refractivity contribution in [2.75, 3.05) is 6.54 Å². The van der Waals surface area contributed by atoms with Gasteiger partial charge >= 0.3 is 0 Å². The summed E-state index contributed by atoms with van der Waals surface area (Å²) in [6.45, 7) is 6.54. The van der Waals surface area contributed by atoms with Crippen LogP contribution in [0.15, 0.2) is 6.07 Å². The van der Waals surface area contributed by atoms with E-state index < -0.39 is 0 Å². The number of hydrogen-bond donors (Lipinski definition) is 2. The molecule has 0 spiro atoms. The normalized spacial score (nSPS) is 11.6. The SMILES string of the molecule is CCCC(CC)NC(=O)c1cc(C)c(C#CCN)s1. The third-order valence-corrected chi connectivity index (χ3v) is 4.06. The van der Waals surface area contributed by atoms with Crippen molar-refractivity contribution in [1.29, 1.82) is 0 Å². The molecule has 0 saturated heterocycles. The summed E-state index contributed by atoms with van der Waals surface area (Å²) in [6, 6.07) is 2.16. The van der Waals surface area contributed by atoms with E-state index in [2.05, 4.69) is 31.0 Å². The summed E-state index contributed by atoms with van der Waals surface area (Å²) >= 11 is 1.44. The van der Waals surface area contributed by atoms with Gasteiger partial charge < -0.3 is 11.1 Å². The Kier molecular flexibility index (Phi) is 6.61. The maximum absolute atomic E-state index is 12.2. The third kappa shape index (κ3) is 4.70. The van der Waals surface area contributed by atoms with Crippen LogP contribution in [0.5, 0.6) is 0 Å². The Bertz CT molecular complexity index is 482. The van der Waals surface area contributed by atoms with Gasteiger partial charge in [0.15, 0.2) is 0 Å². The molecule has 0 fully saturated rings. The van der Waals surface area contributed by atoms with Crippen molar-refractivity contribution in [3.8, 4) is 11.8 Å². The van der Waals surface area contributed by atoms with E-state index in [1.165, 1.54) is 11.3 Å². The lowest BCUT2D eigenvalue weighted by atomic mass is 10.1. The van der Waals surface area contributed by atoms with Crippen LogP contribution >= 0.6 is 11.3 Å². The Morgan fingerprint density at radius 1 is 1.53 bits per heavy atom. The Morgan fingerprint density at radius 3 is 2.84 bits per heavy atom. The van der Waals surface area contributed by atoms with E-state index in [1.54, 1.807) is 0 Å². The number of hydrogen-bond acceptors (Lipinski definition) is 3. The minimum absolute atomic E-state index is 0.00852. The molecule has 4 heteroatoms. The van der Waals surface area contributed by atoms with E-state index in [0.29, 0.717) is 6.54 Å². The lowest BCUT2D eigenvalue weighted by Gasteiger charge is -2.15. The molecule has 1 amide bonds. The number of thiophene rings is 1. The number of carbonyl (C=O) groups is 1. The lowest BCUT2D eigenvalue weighted by molar-refractivity contribution is 0.0938. The third-order valence-electron chi connectivity index (χ3n) is 2.91. The van der Waals surface area contributed by atoms with Crippen LogP contribution in [0.4, 0.5) is 0 Å². The van der Waals surface area contributed by atoms with Crippen molar-refractivity contribution in [3.63, 3.8) is 0 Å². The van der Waals surface area contributed by atoms with Crippen LogP contribution in [0.25, 0.3) is 0 Å². The summed E-state index contributed by atoms with van der Waals surface area (Å²) in [7, 11) is 0. The van der Waals surface area contributed by atoms with Crippen LogP contribution in [0.2, 0.25) is 0 Å². The van der Waals surface area contributed by atoms with Gasteiger partial charge in [-0.05, 0) is 31.4 Å². The molecule has 1 aromatic rings. The van der Waals surface area contributed by atoms with Crippen LogP contribution in [-0.4, -0.2) is 18.5 Å². The van der Waals surface area contributed by atoms with E-state index in [9.17, 15) is 4.79 Å². The molecule has 1 heterocycles. The summed E-state index contributed by atoms with van der Waals surface area (Å²) in [4.78, 5) is 13.8. The molecule has 0 aliphatic rings. The topological polar surface area (TPSA) is 55.1 Å². The van der Waals surface area contributed by atoms with Gasteiger partial charge in [-0.2, -0.15) is 0 Å². The highest BCUT2D eigenvalue weighted by atomic mass is 32.1. The van der Waals surface area contributed by atoms with Crippen molar-refractivity contribution >= 4 is 17.2 Å². The molecule has 0 saturated carbocycles. The predicted molar refractivity (Wildman–Crippen MR) is 81.4 cm³/mol. The fraction of sp³-hybridized carbons (Fsp3) is 0.533. The molecular formula is C15H22N2OS. The minimum atomic E-state index is 0.00852. The highest BCUT2D eigenvalue weighted by Crippen LogP contribution is 2.21. The molecule has 1 unspecified atom stereocenters. The molecule has 19 heavy (non-hydrogen) atoms. The number of aryl methyl sites for hydroxylation is 1. The van der Waals surface area contributed by atoms with Crippen LogP contribution in [0, 0.1) is 18.8 Å². The Hall–Kier alpha value is -1.31. The van der Waals surface area contributed by atoms with E-state index in [0.717, 1.165) is 34.6 Å². The Morgan fingerprint density at radius 2 is 2.26 bits per heavy atom. The zero-order chi connectivity index (χ0) is 14.3. The van der Waals surface area contributed by atoms with Gasteiger partial charge in [-0.1, -0.05) is 32.1 Å². The van der Waals surface area contributed by atoms with Crippen molar-refractivity contribution in [3.05, 3.63) is 21.4 Å². The van der Waals surface area contributed by atoms with Gasteiger partial charge in [0.2, 0.25) is 0 Å². The first-order valence-corrected chi connectivity index (χ1v) is 7.54. The Labute approximate surface area is 119 Å². The second-order valence-corrected chi connectivity index (χ2v) is 5.55. The lowest BCUT2D eigenvalue weighted by Crippen LogP contribution is -2.33. The summed E-state index contributed by atoms with van der Waals surface area (Å²) in [6.07, 6.45) is 3.06. The van der Waals surface area contributed by atoms with Crippen molar-refractivity contribution in [1.82, 2.24) is 5.32 Å². The molecule has 104 valence electrons. The maximum atomic E-state index is 12.2. The summed E-state index contributed by atoms with van der Waals surface area (Å²) < 4.78 is 0. The fourth-order valence-corrected chi connectivity index (χ4v) is 2.78. The molecule has 3 N–H and O–H groups in total. The zero-order valence-electron chi connectivity index (χ0n) is 11.9. The minimum Gasteiger partial charge on any atom is -0.349 e. The molecule has 3 nitrogen and oxygen atoms in total. The summed E-state index contributed by atoms with van der Waals surface area (Å²) in [5.74, 6) is 5.84. The van der Waals surface area contributed by atoms with E-state index >= 15 is 0 Å². The van der Waals surface area contributed by atoms with Gasteiger partial charge in [-0.15, -0.1) is 11.3 Å². The van der Waals surface area contributed by atoms with Crippen molar-refractivity contribution in [2.24, 2.45) is 5.73 Å². The molecule has 1 aromatic heterocycles. The monoisotopic (exact) mass is 278 g/mol. The van der Waals surface area contributed by atoms with E-state index in [-0.39, 0.29) is 11.9 Å². The quantitative estimate of drug-likeness (QED) is 0.814. The molecule has 1 rings (SSSR count). The number of amides is 1. The molecule has 0 aliphatic carbocycles. The van der Waals surface area contributed by atoms with Crippen LogP contribution < -0.4 is 11.1 Å². The van der Waals surface area contributed by atoms with Crippen molar-refractivity contribution < 1.29 is 4.79 Å². The predicted octanol–water partition coefficient (Wildman–Crippen LogP) is 2.68. The molecular weight excluding hydrogens is 256 g/mol. The average molecular weight is 278 g/mol. The average Bonchev–Trinajstić information content (AvgIpc) is 2.77. The first-order chi connectivity index (χ1) is 9.12. The Balaban J connectivity index is 2.77. The van der Waals surface area contributed by atoms with E-state index in [1.807, 2.05) is 13.0 Å². The van der Waals surface area contributed by atoms with Crippen LogP contribution in [0.3, 0.4) is 0 Å². The van der Waals surface area contributed by atoms with Gasteiger partial charge in [0, 0.05) is 6.04 Å². The molecule has 0 aliphatic heterocycles. The van der Waals surface area contributed by atoms with Gasteiger partial charge in [-0.25, -0.2) is 0 Å². The molecule has 0 radical (unpaired) electrons. The van der Waals surface area contributed by atoms with Gasteiger partial charge in [-0.3, -0.25) is 4.79 Å². The second kappa shape index (κ2) is 7.98. The first kappa shape index (κ1) is 15.7.